The quantitative estimate of drug-likeness (QED) is 0.653. The number of aliphatic imine (C=N–C) groups is 1. The molecule has 1 amide bonds. The van der Waals surface area contributed by atoms with Crippen LogP contribution in [0.15, 0.2) is 16.4 Å². The summed E-state index contributed by atoms with van der Waals surface area (Å²) >= 11 is 1.79. The number of piperidine rings is 1. The van der Waals surface area contributed by atoms with Crippen molar-refractivity contribution in [3.8, 4) is 0 Å². The van der Waals surface area contributed by atoms with Gasteiger partial charge in [0.15, 0.2) is 5.96 Å². The van der Waals surface area contributed by atoms with E-state index in [1.807, 2.05) is 11.8 Å². The number of carbonyl (C=O) groups is 1. The normalized spacial score (nSPS) is 19.0. The lowest BCUT2D eigenvalue weighted by molar-refractivity contribution is -0.130. The highest BCUT2D eigenvalue weighted by Gasteiger charge is 2.24. The zero-order valence-electron chi connectivity index (χ0n) is 15.2. The van der Waals surface area contributed by atoms with Crippen molar-refractivity contribution in [2.24, 2.45) is 4.99 Å². The zero-order chi connectivity index (χ0) is 17.6. The van der Waals surface area contributed by atoms with Gasteiger partial charge in [-0.2, -0.15) is 0 Å². The van der Waals surface area contributed by atoms with E-state index in [0.717, 1.165) is 58.0 Å². The molecule has 0 atom stereocenters. The second-order valence-corrected chi connectivity index (χ2v) is 7.48. The smallest absolute Gasteiger partial charge is 0.242 e. The van der Waals surface area contributed by atoms with Gasteiger partial charge in [-0.05, 0) is 43.2 Å². The van der Waals surface area contributed by atoms with E-state index in [1.54, 1.807) is 18.4 Å². The van der Waals surface area contributed by atoms with Crippen molar-refractivity contribution in [2.75, 3.05) is 39.8 Å². The van der Waals surface area contributed by atoms with Crippen molar-refractivity contribution in [3.05, 3.63) is 21.9 Å². The summed E-state index contributed by atoms with van der Waals surface area (Å²) in [6, 6.07) is 2.13. The van der Waals surface area contributed by atoms with Crippen LogP contribution in [0.2, 0.25) is 0 Å². The van der Waals surface area contributed by atoms with Gasteiger partial charge in [0.1, 0.15) is 0 Å². The molecular formula is C18H28N4O2S. The van der Waals surface area contributed by atoms with Crippen LogP contribution in [-0.2, 0) is 22.5 Å². The second kappa shape index (κ2) is 8.67. The number of nitrogens with one attached hydrogen (secondary N) is 1. The van der Waals surface area contributed by atoms with Crippen LogP contribution in [0.5, 0.6) is 0 Å². The first kappa shape index (κ1) is 18.2. The number of amides is 1. The molecule has 1 aromatic rings. The summed E-state index contributed by atoms with van der Waals surface area (Å²) in [4.78, 5) is 22.5. The van der Waals surface area contributed by atoms with Gasteiger partial charge in [0.25, 0.3) is 0 Å². The molecule has 0 bridgehead atoms. The Bertz CT molecular complexity index is 608. The highest BCUT2D eigenvalue weighted by atomic mass is 32.1. The summed E-state index contributed by atoms with van der Waals surface area (Å²) in [5.74, 6) is 0.957. The molecule has 0 unspecified atom stereocenters. The van der Waals surface area contributed by atoms with Crippen molar-refractivity contribution in [1.82, 2.24) is 15.1 Å². The first-order valence-corrected chi connectivity index (χ1v) is 9.99. The van der Waals surface area contributed by atoms with Crippen LogP contribution in [0.4, 0.5) is 0 Å². The molecule has 0 radical (unpaired) electrons. The minimum Gasteiger partial charge on any atom is -0.378 e. The Labute approximate surface area is 153 Å². The number of rotatable bonds is 4. The van der Waals surface area contributed by atoms with Gasteiger partial charge in [-0.25, -0.2) is 0 Å². The Balaban J connectivity index is 1.46. The Kier molecular flexibility index (Phi) is 6.31. The molecule has 2 aliphatic rings. The molecule has 0 spiro atoms. The van der Waals surface area contributed by atoms with E-state index in [4.69, 9.17) is 4.74 Å². The topological polar surface area (TPSA) is 57.2 Å². The van der Waals surface area contributed by atoms with Gasteiger partial charge >= 0.3 is 0 Å². The molecule has 138 valence electrons. The molecule has 7 heteroatoms. The second-order valence-electron chi connectivity index (χ2n) is 6.48. The van der Waals surface area contributed by atoms with Crippen molar-refractivity contribution >= 4 is 23.2 Å². The summed E-state index contributed by atoms with van der Waals surface area (Å²) in [5, 5.41) is 5.36. The van der Waals surface area contributed by atoms with Crippen LogP contribution in [-0.4, -0.2) is 67.6 Å². The van der Waals surface area contributed by atoms with Gasteiger partial charge in [-0.3, -0.25) is 9.79 Å². The van der Waals surface area contributed by atoms with Crippen molar-refractivity contribution < 1.29 is 9.53 Å². The number of carbonyl (C=O) groups excluding carboxylic acids is 1. The molecule has 25 heavy (non-hydrogen) atoms. The predicted octanol–water partition coefficient (Wildman–Crippen LogP) is 1.71. The monoisotopic (exact) mass is 364 g/mol. The summed E-state index contributed by atoms with van der Waals surface area (Å²) in [6.07, 6.45) is 3.35. The third-order valence-electron chi connectivity index (χ3n) is 4.91. The van der Waals surface area contributed by atoms with Crippen molar-refractivity contribution in [1.29, 1.82) is 0 Å². The van der Waals surface area contributed by atoms with E-state index in [9.17, 15) is 4.79 Å². The van der Waals surface area contributed by atoms with Crippen LogP contribution in [0, 0.1) is 0 Å². The van der Waals surface area contributed by atoms with E-state index in [1.165, 1.54) is 10.4 Å². The summed E-state index contributed by atoms with van der Waals surface area (Å²) in [5.41, 5.74) is 1.30. The van der Waals surface area contributed by atoms with E-state index in [-0.39, 0.29) is 5.91 Å². The summed E-state index contributed by atoms with van der Waals surface area (Å²) in [6.45, 7) is 6.49. The molecule has 2 aliphatic heterocycles. The Morgan fingerprint density at radius 2 is 2.16 bits per heavy atom. The van der Waals surface area contributed by atoms with Gasteiger partial charge < -0.3 is 19.9 Å². The van der Waals surface area contributed by atoms with E-state index in [2.05, 4.69) is 26.7 Å². The van der Waals surface area contributed by atoms with E-state index >= 15 is 0 Å². The van der Waals surface area contributed by atoms with Gasteiger partial charge in [0.05, 0.1) is 12.6 Å². The van der Waals surface area contributed by atoms with Crippen LogP contribution in [0.3, 0.4) is 0 Å². The zero-order valence-corrected chi connectivity index (χ0v) is 16.0. The maximum atomic E-state index is 12.5. The largest absolute Gasteiger partial charge is 0.378 e. The molecule has 0 saturated carbocycles. The van der Waals surface area contributed by atoms with Crippen molar-refractivity contribution in [3.63, 3.8) is 0 Å². The molecule has 0 aromatic carbocycles. The molecule has 1 fully saturated rings. The minimum absolute atomic E-state index is 0.141. The van der Waals surface area contributed by atoms with Crippen LogP contribution in [0.25, 0.3) is 0 Å². The Hall–Kier alpha value is -1.60. The SMILES string of the molecule is CCOC1CCN(C(=NC)NCC(=O)N2CCc3sccc3C2)CC1. The minimum atomic E-state index is 0.141. The molecule has 1 aromatic heterocycles. The molecule has 6 nitrogen and oxygen atoms in total. The third kappa shape index (κ3) is 4.52. The molecule has 0 aliphatic carbocycles. The van der Waals surface area contributed by atoms with E-state index < -0.39 is 0 Å². The number of nitrogens with zero attached hydrogens (tertiary/aromatic N) is 3. The van der Waals surface area contributed by atoms with Crippen LogP contribution in [0.1, 0.15) is 30.2 Å². The van der Waals surface area contributed by atoms with Gasteiger partial charge in [0, 0.05) is 44.7 Å². The third-order valence-corrected chi connectivity index (χ3v) is 5.94. The number of ether oxygens (including phenoxy) is 1. The van der Waals surface area contributed by atoms with Gasteiger partial charge in [0.2, 0.25) is 5.91 Å². The average molecular weight is 365 g/mol. The first-order valence-electron chi connectivity index (χ1n) is 9.11. The Morgan fingerprint density at radius 1 is 1.36 bits per heavy atom. The lowest BCUT2D eigenvalue weighted by atomic mass is 10.1. The van der Waals surface area contributed by atoms with Gasteiger partial charge in [-0.15, -0.1) is 11.3 Å². The number of fused-ring (bicyclic) bond motifs is 1. The predicted molar refractivity (Wildman–Crippen MR) is 101 cm³/mol. The van der Waals surface area contributed by atoms with Crippen LogP contribution < -0.4 is 5.32 Å². The molecule has 3 heterocycles. The number of guanidine groups is 1. The Morgan fingerprint density at radius 3 is 2.88 bits per heavy atom. The van der Waals surface area contributed by atoms with Crippen molar-refractivity contribution in [2.45, 2.75) is 38.8 Å². The number of hydrogen-bond acceptors (Lipinski definition) is 4. The fourth-order valence-corrected chi connectivity index (χ4v) is 4.42. The maximum Gasteiger partial charge on any atom is 0.242 e. The number of thiophene rings is 1. The average Bonchev–Trinajstić information content (AvgIpc) is 3.11. The fraction of sp³-hybridized carbons (Fsp3) is 0.667. The summed E-state index contributed by atoms with van der Waals surface area (Å²) in [7, 11) is 1.78. The lowest BCUT2D eigenvalue weighted by Crippen LogP contribution is -2.50. The highest BCUT2D eigenvalue weighted by Crippen LogP contribution is 2.23. The summed E-state index contributed by atoms with van der Waals surface area (Å²) < 4.78 is 5.70. The number of likely N-dealkylation sites (tertiary alicyclic amines) is 1. The van der Waals surface area contributed by atoms with Crippen LogP contribution >= 0.6 is 11.3 Å². The standard InChI is InChI=1S/C18H28N4O2S/c1-3-24-15-4-8-21(9-5-15)18(19-2)20-12-17(23)22-10-6-16-14(13-22)7-11-25-16/h7,11,15H,3-6,8-10,12-13H2,1-2H3,(H,19,20). The molecular weight excluding hydrogens is 336 g/mol. The first-order chi connectivity index (χ1) is 12.2. The molecule has 1 N–H and O–H groups in total. The molecule has 1 saturated heterocycles. The van der Waals surface area contributed by atoms with Gasteiger partial charge in [-0.1, -0.05) is 0 Å². The fourth-order valence-electron chi connectivity index (χ4n) is 3.53. The lowest BCUT2D eigenvalue weighted by Gasteiger charge is -2.34. The number of hydrogen-bond donors (Lipinski definition) is 1. The molecule has 3 rings (SSSR count). The highest BCUT2D eigenvalue weighted by molar-refractivity contribution is 7.10. The van der Waals surface area contributed by atoms with E-state index in [0.29, 0.717) is 12.6 Å². The maximum absolute atomic E-state index is 12.5.